The molecule has 2 saturated heterocycles. The summed E-state index contributed by atoms with van der Waals surface area (Å²) >= 11 is 0. The summed E-state index contributed by atoms with van der Waals surface area (Å²) in [6, 6.07) is 4.39. The third-order valence-corrected chi connectivity index (χ3v) is 5.98. The zero-order valence-electron chi connectivity index (χ0n) is 18.4. The van der Waals surface area contributed by atoms with E-state index in [1.165, 1.54) is 12.8 Å². The van der Waals surface area contributed by atoms with Gasteiger partial charge in [-0.2, -0.15) is 15.1 Å². The van der Waals surface area contributed by atoms with E-state index >= 15 is 0 Å². The predicted molar refractivity (Wildman–Crippen MR) is 124 cm³/mol. The van der Waals surface area contributed by atoms with E-state index in [4.69, 9.17) is 9.97 Å². The van der Waals surface area contributed by atoms with Crippen LogP contribution in [-0.4, -0.2) is 64.0 Å². The second-order valence-corrected chi connectivity index (χ2v) is 8.63. The van der Waals surface area contributed by atoms with Crippen molar-refractivity contribution < 1.29 is 0 Å². The Kier molecular flexibility index (Phi) is 5.59. The van der Waals surface area contributed by atoms with Crippen LogP contribution in [0.1, 0.15) is 39.2 Å². The number of anilines is 4. The normalized spacial score (nSPS) is 17.5. The second kappa shape index (κ2) is 8.66. The first-order valence-electron chi connectivity index (χ1n) is 11.4. The number of nitrogens with one attached hydrogen (secondary N) is 2. The minimum atomic E-state index is 0.289. The predicted octanol–water partition coefficient (Wildman–Crippen LogP) is 2.95. The van der Waals surface area contributed by atoms with E-state index in [1.54, 1.807) is 0 Å². The molecular weight excluding hydrogens is 390 g/mol. The van der Waals surface area contributed by atoms with E-state index < -0.39 is 0 Å². The van der Waals surface area contributed by atoms with Crippen LogP contribution in [0.3, 0.4) is 0 Å². The molecule has 164 valence electrons. The molecule has 2 aliphatic heterocycles. The van der Waals surface area contributed by atoms with E-state index in [0.29, 0.717) is 0 Å². The Morgan fingerprint density at radius 1 is 0.903 bits per heavy atom. The van der Waals surface area contributed by atoms with Gasteiger partial charge in [-0.15, -0.1) is 0 Å². The average Bonchev–Trinajstić information content (AvgIpc) is 3.37. The summed E-state index contributed by atoms with van der Waals surface area (Å²) in [5.74, 6) is 3.34. The topological polar surface area (TPSA) is 87.0 Å². The molecule has 31 heavy (non-hydrogen) atoms. The summed E-state index contributed by atoms with van der Waals surface area (Å²) < 4.78 is 2.02. The summed E-state index contributed by atoms with van der Waals surface area (Å²) in [4.78, 5) is 19.1. The summed E-state index contributed by atoms with van der Waals surface area (Å²) in [6.07, 6.45) is 7.26. The number of aromatic nitrogens is 5. The highest BCUT2D eigenvalue weighted by molar-refractivity contribution is 5.81. The summed E-state index contributed by atoms with van der Waals surface area (Å²) in [5.41, 5.74) is 1.07. The SMILES string of the molecule is CC(C)n1ncc2cnc(Nc3cc(N4CCCC4)nc(N4CCCNCC4)n3)cc21. The fourth-order valence-corrected chi connectivity index (χ4v) is 4.33. The highest BCUT2D eigenvalue weighted by Crippen LogP contribution is 2.27. The molecule has 2 fully saturated rings. The van der Waals surface area contributed by atoms with Crippen LogP contribution < -0.4 is 20.4 Å². The molecule has 2 aliphatic rings. The number of hydrogen-bond donors (Lipinski definition) is 2. The molecule has 0 atom stereocenters. The van der Waals surface area contributed by atoms with Gasteiger partial charge in [0.1, 0.15) is 17.5 Å². The standard InChI is InChI=1S/C22H31N9/c1-16(2)31-18-12-19(24-14-17(18)15-25-31)26-20-13-21(29-8-3-4-9-29)28-22(27-20)30-10-5-6-23-7-11-30/h12-16,23H,3-11H2,1-2H3,(H,24,26,27,28). The van der Waals surface area contributed by atoms with Crippen molar-refractivity contribution in [3.05, 3.63) is 24.5 Å². The van der Waals surface area contributed by atoms with E-state index in [0.717, 1.165) is 80.0 Å². The number of hydrogen-bond acceptors (Lipinski definition) is 8. The van der Waals surface area contributed by atoms with Gasteiger partial charge >= 0.3 is 0 Å². The molecule has 5 rings (SSSR count). The van der Waals surface area contributed by atoms with Gasteiger partial charge in [-0.25, -0.2) is 4.98 Å². The summed E-state index contributed by atoms with van der Waals surface area (Å²) in [5, 5.41) is 12.4. The van der Waals surface area contributed by atoms with Crippen molar-refractivity contribution in [3.63, 3.8) is 0 Å². The van der Waals surface area contributed by atoms with Crippen LogP contribution >= 0.6 is 0 Å². The van der Waals surface area contributed by atoms with Crippen molar-refractivity contribution in [2.75, 3.05) is 54.4 Å². The first-order valence-corrected chi connectivity index (χ1v) is 11.4. The Balaban J connectivity index is 1.48. The lowest BCUT2D eigenvalue weighted by Crippen LogP contribution is -2.30. The van der Waals surface area contributed by atoms with Gasteiger partial charge in [0.25, 0.3) is 0 Å². The Morgan fingerprint density at radius 3 is 2.58 bits per heavy atom. The molecular formula is C22H31N9. The maximum absolute atomic E-state index is 4.94. The molecule has 0 aliphatic carbocycles. The molecule has 0 unspecified atom stereocenters. The van der Waals surface area contributed by atoms with Crippen LogP contribution in [0.2, 0.25) is 0 Å². The third kappa shape index (κ3) is 4.27. The van der Waals surface area contributed by atoms with Crippen molar-refractivity contribution in [1.29, 1.82) is 0 Å². The fourth-order valence-electron chi connectivity index (χ4n) is 4.33. The Bertz CT molecular complexity index is 1030. The zero-order chi connectivity index (χ0) is 21.2. The van der Waals surface area contributed by atoms with Gasteiger partial charge in [-0.3, -0.25) is 4.68 Å². The minimum Gasteiger partial charge on any atom is -0.356 e. The number of nitrogens with zero attached hydrogens (tertiary/aromatic N) is 7. The number of rotatable bonds is 5. The van der Waals surface area contributed by atoms with Crippen LogP contribution in [0.25, 0.3) is 10.9 Å². The lowest BCUT2D eigenvalue weighted by atomic mass is 10.3. The third-order valence-electron chi connectivity index (χ3n) is 5.98. The van der Waals surface area contributed by atoms with E-state index in [-0.39, 0.29) is 6.04 Å². The first-order chi connectivity index (χ1) is 15.2. The lowest BCUT2D eigenvalue weighted by molar-refractivity contribution is 0.551. The number of fused-ring (bicyclic) bond motifs is 1. The minimum absolute atomic E-state index is 0.289. The number of pyridine rings is 1. The Hall–Kier alpha value is -2.94. The largest absolute Gasteiger partial charge is 0.356 e. The molecule has 3 aromatic rings. The van der Waals surface area contributed by atoms with Crippen LogP contribution in [0, 0.1) is 0 Å². The quantitative estimate of drug-likeness (QED) is 0.650. The van der Waals surface area contributed by atoms with Crippen LogP contribution in [0.15, 0.2) is 24.5 Å². The van der Waals surface area contributed by atoms with E-state index in [9.17, 15) is 0 Å². The monoisotopic (exact) mass is 421 g/mol. The highest BCUT2D eigenvalue weighted by atomic mass is 15.3. The van der Waals surface area contributed by atoms with Gasteiger partial charge in [-0.05, 0) is 39.7 Å². The molecule has 0 spiro atoms. The molecule has 0 radical (unpaired) electrons. The molecule has 0 aromatic carbocycles. The Morgan fingerprint density at radius 2 is 1.74 bits per heavy atom. The Labute approximate surface area is 182 Å². The summed E-state index contributed by atoms with van der Waals surface area (Å²) in [7, 11) is 0. The average molecular weight is 422 g/mol. The van der Waals surface area contributed by atoms with Crippen molar-refractivity contribution in [2.45, 2.75) is 39.2 Å². The molecule has 9 nitrogen and oxygen atoms in total. The van der Waals surface area contributed by atoms with Gasteiger partial charge in [0.05, 0.1) is 11.7 Å². The molecule has 0 amide bonds. The molecule has 0 saturated carbocycles. The second-order valence-electron chi connectivity index (χ2n) is 8.63. The highest BCUT2D eigenvalue weighted by Gasteiger charge is 2.19. The maximum atomic E-state index is 4.94. The van der Waals surface area contributed by atoms with Crippen molar-refractivity contribution in [3.8, 4) is 0 Å². The van der Waals surface area contributed by atoms with E-state index in [2.05, 4.69) is 56.5 Å². The van der Waals surface area contributed by atoms with Crippen LogP contribution in [0.5, 0.6) is 0 Å². The lowest BCUT2D eigenvalue weighted by Gasteiger charge is -2.24. The van der Waals surface area contributed by atoms with Gasteiger partial charge < -0.3 is 20.4 Å². The van der Waals surface area contributed by atoms with Crippen LogP contribution in [-0.2, 0) is 0 Å². The smallest absolute Gasteiger partial charge is 0.229 e. The molecule has 2 N–H and O–H groups in total. The van der Waals surface area contributed by atoms with Gasteiger partial charge in [0.15, 0.2) is 0 Å². The van der Waals surface area contributed by atoms with Crippen molar-refractivity contribution in [2.24, 2.45) is 0 Å². The maximum Gasteiger partial charge on any atom is 0.229 e. The van der Waals surface area contributed by atoms with Crippen molar-refractivity contribution in [1.82, 2.24) is 30.0 Å². The molecule has 9 heteroatoms. The first kappa shape index (κ1) is 20.0. The van der Waals surface area contributed by atoms with Gasteiger partial charge in [-0.1, -0.05) is 0 Å². The summed E-state index contributed by atoms with van der Waals surface area (Å²) in [6.45, 7) is 10.3. The van der Waals surface area contributed by atoms with Gasteiger partial charge in [0, 0.05) is 62.5 Å². The van der Waals surface area contributed by atoms with Crippen molar-refractivity contribution >= 4 is 34.3 Å². The fraction of sp³-hybridized carbons (Fsp3) is 0.545. The molecule has 0 bridgehead atoms. The zero-order valence-corrected chi connectivity index (χ0v) is 18.4. The van der Waals surface area contributed by atoms with Crippen LogP contribution in [0.4, 0.5) is 23.4 Å². The van der Waals surface area contributed by atoms with E-state index in [1.807, 2.05) is 17.1 Å². The van der Waals surface area contributed by atoms with Gasteiger partial charge in [0.2, 0.25) is 5.95 Å². The molecule has 3 aromatic heterocycles. The molecule has 5 heterocycles.